The van der Waals surface area contributed by atoms with Gasteiger partial charge in [0.25, 0.3) is 11.8 Å². The minimum absolute atomic E-state index is 0.0922. The Morgan fingerprint density at radius 3 is 2.17 bits per heavy atom. The van der Waals surface area contributed by atoms with E-state index in [-0.39, 0.29) is 52.8 Å². The lowest BCUT2D eigenvalue weighted by atomic mass is 9.90. The number of nitrogens with zero attached hydrogens (tertiary/aromatic N) is 1. The van der Waals surface area contributed by atoms with E-state index in [0.717, 1.165) is 17.1 Å². The highest BCUT2D eigenvalue weighted by atomic mass is 79.9. The summed E-state index contributed by atoms with van der Waals surface area (Å²) >= 11 is 13.1. The number of imide groups is 1. The molecule has 12 heteroatoms. The highest BCUT2D eigenvalue weighted by Gasteiger charge is 2.30. The van der Waals surface area contributed by atoms with Crippen molar-refractivity contribution in [2.24, 2.45) is 0 Å². The minimum Gasteiger partial charge on any atom is -0.505 e. The molecule has 1 aliphatic carbocycles. The lowest BCUT2D eigenvalue weighted by Crippen LogP contribution is -2.29. The van der Waals surface area contributed by atoms with Crippen LogP contribution in [0, 0.1) is 0 Å². The van der Waals surface area contributed by atoms with Crippen molar-refractivity contribution in [1.29, 1.82) is 0 Å². The zero-order chi connectivity index (χ0) is 26.0. The second kappa shape index (κ2) is 8.94. The van der Waals surface area contributed by atoms with Gasteiger partial charge < -0.3 is 14.6 Å². The van der Waals surface area contributed by atoms with Gasteiger partial charge in [0, 0.05) is 28.7 Å². The van der Waals surface area contributed by atoms with Crippen molar-refractivity contribution in [3.8, 4) is 28.2 Å². The van der Waals surface area contributed by atoms with Crippen LogP contribution in [0.1, 0.15) is 10.4 Å². The van der Waals surface area contributed by atoms with E-state index < -0.39 is 17.8 Å². The number of benzene rings is 3. The van der Waals surface area contributed by atoms with Crippen molar-refractivity contribution in [3.63, 3.8) is 0 Å². The molecule has 0 spiro atoms. The zero-order valence-corrected chi connectivity index (χ0v) is 23.8. The van der Waals surface area contributed by atoms with E-state index in [1.54, 1.807) is 6.07 Å². The van der Waals surface area contributed by atoms with Gasteiger partial charge in [0.05, 0.1) is 20.2 Å². The summed E-state index contributed by atoms with van der Waals surface area (Å²) in [5.74, 6) is -2.51. The van der Waals surface area contributed by atoms with E-state index in [2.05, 4.69) is 63.7 Å². The fourth-order valence-corrected chi connectivity index (χ4v) is 6.41. The molecule has 180 valence electrons. The average molecular weight is 743 g/mol. The molecule has 0 bridgehead atoms. The molecular formula is C24H9Br4NO7. The van der Waals surface area contributed by atoms with Gasteiger partial charge in [-0.25, -0.2) is 9.69 Å². The maximum Gasteiger partial charge on any atom is 0.336 e. The molecule has 2 aromatic carbocycles. The van der Waals surface area contributed by atoms with Crippen LogP contribution in [0.25, 0.3) is 33.4 Å². The van der Waals surface area contributed by atoms with E-state index in [4.69, 9.17) is 4.42 Å². The maximum atomic E-state index is 12.6. The van der Waals surface area contributed by atoms with E-state index in [1.807, 2.05) is 0 Å². The van der Waals surface area contributed by atoms with Crippen LogP contribution >= 0.6 is 63.7 Å². The highest BCUT2D eigenvalue weighted by molar-refractivity contribution is 9.11. The van der Waals surface area contributed by atoms with Gasteiger partial charge in [-0.05, 0) is 93.5 Å². The summed E-state index contributed by atoms with van der Waals surface area (Å²) in [7, 11) is 0. The third-order valence-corrected chi connectivity index (χ3v) is 8.24. The number of aromatic hydroxyl groups is 1. The van der Waals surface area contributed by atoms with E-state index in [9.17, 15) is 29.4 Å². The second-order valence-corrected chi connectivity index (χ2v) is 10.9. The number of phenols is 1. The number of fused-ring (bicyclic) bond motifs is 2. The van der Waals surface area contributed by atoms with Crippen molar-refractivity contribution in [2.45, 2.75) is 0 Å². The summed E-state index contributed by atoms with van der Waals surface area (Å²) in [5, 5.41) is 21.0. The number of carbonyl (C=O) groups excluding carboxylic acids is 2. The summed E-state index contributed by atoms with van der Waals surface area (Å²) in [6.45, 7) is 0. The molecule has 0 atom stereocenters. The van der Waals surface area contributed by atoms with Crippen molar-refractivity contribution in [3.05, 3.63) is 76.2 Å². The number of carboxylic acids is 1. The van der Waals surface area contributed by atoms with Crippen LogP contribution in [0.3, 0.4) is 0 Å². The summed E-state index contributed by atoms with van der Waals surface area (Å²) in [5.41, 5.74) is 0.676. The number of hydrogen-bond acceptors (Lipinski definition) is 6. The molecule has 8 nitrogen and oxygen atoms in total. The van der Waals surface area contributed by atoms with E-state index in [1.165, 1.54) is 24.3 Å². The fraction of sp³-hybridized carbons (Fsp3) is 0. The summed E-state index contributed by atoms with van der Waals surface area (Å²) in [6.07, 6.45) is 2.21. The van der Waals surface area contributed by atoms with Crippen molar-refractivity contribution >= 4 is 98.2 Å². The summed E-state index contributed by atoms with van der Waals surface area (Å²) < 4.78 is 6.83. The molecular weight excluding hydrogens is 734 g/mol. The second-order valence-electron chi connectivity index (χ2n) is 7.63. The van der Waals surface area contributed by atoms with Crippen LogP contribution in [-0.2, 0) is 9.59 Å². The van der Waals surface area contributed by atoms with Crippen LogP contribution in [0.4, 0.5) is 5.69 Å². The topological polar surface area (TPSA) is 125 Å². The molecule has 3 aliphatic rings. The number of carbonyl (C=O) groups is 3. The lowest BCUT2D eigenvalue weighted by molar-refractivity contribution is -0.120. The number of phenolic OH excluding ortho intramolecular Hbond substituents is 1. The number of hydrogen-bond donors (Lipinski definition) is 2. The van der Waals surface area contributed by atoms with Gasteiger partial charge in [0.1, 0.15) is 14.7 Å². The largest absolute Gasteiger partial charge is 0.505 e. The fourth-order valence-electron chi connectivity index (χ4n) is 4.00. The lowest BCUT2D eigenvalue weighted by Gasteiger charge is -2.21. The first-order chi connectivity index (χ1) is 17.0. The maximum absolute atomic E-state index is 12.6. The molecule has 2 amide bonds. The Kier molecular flexibility index (Phi) is 6.18. The number of halogens is 4. The Bertz CT molecular complexity index is 1720. The van der Waals surface area contributed by atoms with Gasteiger partial charge in [-0.15, -0.1) is 0 Å². The summed E-state index contributed by atoms with van der Waals surface area (Å²) in [4.78, 5) is 50.2. The molecule has 0 unspecified atom stereocenters. The molecule has 2 N–H and O–H groups in total. The van der Waals surface area contributed by atoms with Crippen LogP contribution in [0.15, 0.2) is 69.6 Å². The monoisotopic (exact) mass is 739 g/mol. The van der Waals surface area contributed by atoms with Gasteiger partial charge in [0.2, 0.25) is 5.43 Å². The predicted octanol–water partition coefficient (Wildman–Crippen LogP) is 6.45. The van der Waals surface area contributed by atoms with Crippen molar-refractivity contribution in [2.75, 3.05) is 4.90 Å². The molecule has 2 heterocycles. The van der Waals surface area contributed by atoms with Gasteiger partial charge in [-0.3, -0.25) is 14.4 Å². The Balaban J connectivity index is 1.93. The smallest absolute Gasteiger partial charge is 0.336 e. The molecule has 0 fully saturated rings. The quantitative estimate of drug-likeness (QED) is 0.183. The molecule has 0 radical (unpaired) electrons. The summed E-state index contributed by atoms with van der Waals surface area (Å²) in [6, 6.07) is 7.26. The Morgan fingerprint density at radius 1 is 0.861 bits per heavy atom. The van der Waals surface area contributed by atoms with Gasteiger partial charge in [-0.1, -0.05) is 6.07 Å². The molecule has 5 rings (SSSR count). The SMILES string of the molecule is O=C(O)c1cc(N2C(=O)C=CC2=O)ccc1-c1c2cc(Br)c(=O)c(Br)c-2oc2c(Br)c(O)c(Br)cc12. The molecule has 0 aromatic heterocycles. The minimum atomic E-state index is -1.31. The zero-order valence-electron chi connectivity index (χ0n) is 17.4. The Labute approximate surface area is 235 Å². The first-order valence-corrected chi connectivity index (χ1v) is 13.1. The highest BCUT2D eigenvalue weighted by Crippen LogP contribution is 2.49. The standard InChI is InChI=1S/C24H9Br4NO7/c25-13-6-11-17(9-2-1-8(5-10(9)24(34)35)29-15(30)3-4-16(29)31)12-7-14(26)21(33)19(28)23(12)36-22(11)18(27)20(13)32/h1-7,32H,(H,34,35). The van der Waals surface area contributed by atoms with Gasteiger partial charge >= 0.3 is 5.97 Å². The van der Waals surface area contributed by atoms with E-state index in [0.29, 0.717) is 21.0 Å². The number of amides is 2. The van der Waals surface area contributed by atoms with Crippen LogP contribution in [-0.4, -0.2) is 28.0 Å². The van der Waals surface area contributed by atoms with Crippen molar-refractivity contribution in [1.82, 2.24) is 0 Å². The molecule has 0 saturated heterocycles. The first-order valence-electron chi connectivity index (χ1n) is 9.90. The van der Waals surface area contributed by atoms with E-state index >= 15 is 0 Å². The van der Waals surface area contributed by atoms with Crippen LogP contribution in [0.2, 0.25) is 0 Å². The van der Waals surface area contributed by atoms with Crippen LogP contribution < -0.4 is 10.3 Å². The predicted molar refractivity (Wildman–Crippen MR) is 146 cm³/mol. The van der Waals surface area contributed by atoms with Gasteiger partial charge in [-0.2, -0.15) is 0 Å². The normalized spacial score (nSPS) is 13.4. The molecule has 2 aromatic rings. The number of rotatable bonds is 3. The number of aromatic carboxylic acids is 1. The number of carboxylic acid groups (broad SMARTS) is 1. The number of anilines is 1. The molecule has 2 aliphatic heterocycles. The molecule has 0 saturated carbocycles. The van der Waals surface area contributed by atoms with Crippen LogP contribution in [0.5, 0.6) is 5.75 Å². The third-order valence-electron chi connectivity index (χ3n) is 5.59. The third kappa shape index (κ3) is 3.74. The van der Waals surface area contributed by atoms with Gasteiger partial charge in [0.15, 0.2) is 11.3 Å². The Morgan fingerprint density at radius 2 is 1.53 bits per heavy atom. The Hall–Kier alpha value is -2.80. The first kappa shape index (κ1) is 24.9. The van der Waals surface area contributed by atoms with Crippen molar-refractivity contribution < 1.29 is 29.0 Å². The molecule has 36 heavy (non-hydrogen) atoms. The average Bonchev–Trinajstić information content (AvgIpc) is 3.18.